The fourth-order valence-electron chi connectivity index (χ4n) is 3.25. The quantitative estimate of drug-likeness (QED) is 0.800. The number of aromatic nitrogens is 3. The van der Waals surface area contributed by atoms with Crippen LogP contribution in [0.25, 0.3) is 0 Å². The lowest BCUT2D eigenvalue weighted by molar-refractivity contribution is 0.0515. The smallest absolute Gasteiger partial charge is 0.276 e. The highest BCUT2D eigenvalue weighted by atomic mass is 16.2. The summed E-state index contributed by atoms with van der Waals surface area (Å²) in [6, 6.07) is 0. The first-order chi connectivity index (χ1) is 8.34. The molecule has 1 aromatic rings. The molecule has 1 aliphatic carbocycles. The molecule has 1 N–H and O–H groups in total. The van der Waals surface area contributed by atoms with Crippen molar-refractivity contribution < 1.29 is 4.79 Å². The van der Waals surface area contributed by atoms with Gasteiger partial charge in [0.05, 0.1) is 6.20 Å². The number of piperidine rings is 1. The van der Waals surface area contributed by atoms with E-state index >= 15 is 0 Å². The number of H-pyrrole nitrogens is 1. The molecule has 1 amide bonds. The lowest BCUT2D eigenvalue weighted by Crippen LogP contribution is -2.44. The summed E-state index contributed by atoms with van der Waals surface area (Å²) < 4.78 is 0. The minimum absolute atomic E-state index is 0.0303. The number of nitrogens with one attached hydrogen (secondary N) is 1. The number of hydrogen-bond donors (Lipinski definition) is 1. The molecular weight excluding hydrogens is 216 g/mol. The second kappa shape index (κ2) is 4.47. The fraction of sp³-hybridized carbons (Fsp3) is 0.750. The number of carbonyl (C=O) groups is 1. The van der Waals surface area contributed by atoms with Gasteiger partial charge >= 0.3 is 0 Å². The Balaban J connectivity index is 1.67. The average Bonchev–Trinajstić information content (AvgIpc) is 2.91. The zero-order chi connectivity index (χ0) is 11.7. The van der Waals surface area contributed by atoms with Crippen molar-refractivity contribution in [1.29, 1.82) is 0 Å². The van der Waals surface area contributed by atoms with Gasteiger partial charge in [0.2, 0.25) is 0 Å². The molecule has 92 valence electrons. The average molecular weight is 234 g/mol. The second-order valence-electron chi connectivity index (χ2n) is 5.20. The van der Waals surface area contributed by atoms with E-state index in [1.165, 1.54) is 31.9 Å². The van der Waals surface area contributed by atoms with Crippen LogP contribution in [0.1, 0.15) is 42.6 Å². The van der Waals surface area contributed by atoms with Crippen molar-refractivity contribution in [3.05, 3.63) is 11.9 Å². The zero-order valence-corrected chi connectivity index (χ0v) is 9.93. The van der Waals surface area contributed by atoms with E-state index in [2.05, 4.69) is 15.4 Å². The molecule has 5 heteroatoms. The van der Waals surface area contributed by atoms with E-state index < -0.39 is 0 Å². The summed E-state index contributed by atoms with van der Waals surface area (Å²) in [7, 11) is 0. The van der Waals surface area contributed by atoms with Crippen molar-refractivity contribution in [3.8, 4) is 0 Å². The van der Waals surface area contributed by atoms with Gasteiger partial charge in [0, 0.05) is 13.1 Å². The topological polar surface area (TPSA) is 61.9 Å². The Kier molecular flexibility index (Phi) is 2.82. The molecule has 0 bridgehead atoms. The van der Waals surface area contributed by atoms with Crippen molar-refractivity contribution in [1.82, 2.24) is 20.3 Å². The maximum atomic E-state index is 12.1. The molecule has 2 fully saturated rings. The lowest BCUT2D eigenvalue weighted by Gasteiger charge is -2.41. The van der Waals surface area contributed by atoms with Crippen LogP contribution in [0.15, 0.2) is 6.20 Å². The van der Waals surface area contributed by atoms with Gasteiger partial charge in [-0.2, -0.15) is 15.4 Å². The minimum atomic E-state index is 0.0303. The Morgan fingerprint density at radius 1 is 1.29 bits per heavy atom. The van der Waals surface area contributed by atoms with Gasteiger partial charge in [-0.1, -0.05) is 19.3 Å². The molecule has 0 spiro atoms. The third kappa shape index (κ3) is 2.06. The van der Waals surface area contributed by atoms with Crippen LogP contribution in [0.2, 0.25) is 0 Å². The molecule has 17 heavy (non-hydrogen) atoms. The normalized spacial score (nSPS) is 28.8. The lowest BCUT2D eigenvalue weighted by atomic mass is 9.75. The second-order valence-corrected chi connectivity index (χ2v) is 5.20. The Morgan fingerprint density at radius 3 is 2.88 bits per heavy atom. The predicted molar refractivity (Wildman–Crippen MR) is 62.4 cm³/mol. The monoisotopic (exact) mass is 234 g/mol. The zero-order valence-electron chi connectivity index (χ0n) is 9.93. The number of amides is 1. The summed E-state index contributed by atoms with van der Waals surface area (Å²) in [6.07, 6.45) is 8.01. The van der Waals surface area contributed by atoms with E-state index in [1.807, 2.05) is 4.90 Å². The molecule has 5 nitrogen and oxygen atoms in total. The van der Waals surface area contributed by atoms with E-state index in [9.17, 15) is 4.79 Å². The molecular formula is C12H18N4O. The summed E-state index contributed by atoms with van der Waals surface area (Å²) in [5, 5.41) is 10.1. The van der Waals surface area contributed by atoms with Gasteiger partial charge in [0.1, 0.15) is 0 Å². The van der Waals surface area contributed by atoms with Crippen LogP contribution in [0, 0.1) is 11.8 Å². The third-order valence-electron chi connectivity index (χ3n) is 4.21. The number of fused-ring (bicyclic) bond motifs is 1. The number of likely N-dealkylation sites (tertiary alicyclic amines) is 1. The highest BCUT2D eigenvalue weighted by Crippen LogP contribution is 2.36. The molecule has 1 saturated carbocycles. The van der Waals surface area contributed by atoms with Gasteiger partial charge in [0.15, 0.2) is 5.69 Å². The van der Waals surface area contributed by atoms with Crippen LogP contribution < -0.4 is 0 Å². The minimum Gasteiger partial charge on any atom is -0.337 e. The van der Waals surface area contributed by atoms with Gasteiger partial charge in [-0.3, -0.25) is 4.79 Å². The molecule has 1 aliphatic heterocycles. The molecule has 0 aromatic carbocycles. The van der Waals surface area contributed by atoms with Crippen molar-refractivity contribution >= 4 is 5.91 Å². The van der Waals surface area contributed by atoms with Crippen molar-refractivity contribution in [2.75, 3.05) is 13.1 Å². The molecule has 3 rings (SSSR count). The number of nitrogens with zero attached hydrogens (tertiary/aromatic N) is 3. The van der Waals surface area contributed by atoms with Gasteiger partial charge < -0.3 is 4.90 Å². The van der Waals surface area contributed by atoms with Gasteiger partial charge in [-0.25, -0.2) is 0 Å². The summed E-state index contributed by atoms with van der Waals surface area (Å²) >= 11 is 0. The Morgan fingerprint density at radius 2 is 2.12 bits per heavy atom. The van der Waals surface area contributed by atoms with Crippen molar-refractivity contribution in [3.63, 3.8) is 0 Å². The number of hydrogen-bond acceptors (Lipinski definition) is 3. The van der Waals surface area contributed by atoms with E-state index in [0.717, 1.165) is 25.4 Å². The largest absolute Gasteiger partial charge is 0.337 e. The summed E-state index contributed by atoms with van der Waals surface area (Å²) in [5.74, 6) is 1.60. The van der Waals surface area contributed by atoms with E-state index in [0.29, 0.717) is 11.6 Å². The van der Waals surface area contributed by atoms with Crippen LogP contribution in [-0.4, -0.2) is 39.3 Å². The molecule has 2 atom stereocenters. The van der Waals surface area contributed by atoms with Crippen LogP contribution in [0.4, 0.5) is 0 Å². The predicted octanol–water partition coefficient (Wildman–Crippen LogP) is 1.46. The van der Waals surface area contributed by atoms with Crippen molar-refractivity contribution in [2.45, 2.75) is 32.1 Å². The molecule has 1 saturated heterocycles. The molecule has 0 radical (unpaired) electrons. The molecule has 2 heterocycles. The maximum Gasteiger partial charge on any atom is 0.276 e. The Bertz CT molecular complexity index is 389. The SMILES string of the molecule is O=C(c1cn[nH]n1)N1CC[C@@H]2CCCC[C@H]2C1. The number of aromatic amines is 1. The van der Waals surface area contributed by atoms with E-state index in [-0.39, 0.29) is 5.91 Å². The Hall–Kier alpha value is -1.39. The molecule has 1 aromatic heterocycles. The third-order valence-corrected chi connectivity index (χ3v) is 4.21. The van der Waals surface area contributed by atoms with E-state index in [1.54, 1.807) is 0 Å². The van der Waals surface area contributed by atoms with Gasteiger partial charge in [-0.15, -0.1) is 0 Å². The highest BCUT2D eigenvalue weighted by Gasteiger charge is 2.33. The van der Waals surface area contributed by atoms with Crippen LogP contribution in [0.5, 0.6) is 0 Å². The first-order valence-corrected chi connectivity index (χ1v) is 6.49. The summed E-state index contributed by atoms with van der Waals surface area (Å²) in [4.78, 5) is 14.1. The van der Waals surface area contributed by atoms with Crippen molar-refractivity contribution in [2.24, 2.45) is 11.8 Å². The van der Waals surface area contributed by atoms with E-state index in [4.69, 9.17) is 0 Å². The number of carbonyl (C=O) groups excluding carboxylic acids is 1. The number of rotatable bonds is 1. The first kappa shape index (κ1) is 10.7. The molecule has 2 aliphatic rings. The summed E-state index contributed by atoms with van der Waals surface area (Å²) in [5.41, 5.74) is 0.444. The van der Waals surface area contributed by atoms with Gasteiger partial charge in [0.25, 0.3) is 5.91 Å². The molecule has 0 unspecified atom stereocenters. The van der Waals surface area contributed by atoms with Crippen LogP contribution in [0.3, 0.4) is 0 Å². The highest BCUT2D eigenvalue weighted by molar-refractivity contribution is 5.91. The summed E-state index contributed by atoms with van der Waals surface area (Å²) in [6.45, 7) is 1.79. The van der Waals surface area contributed by atoms with Crippen LogP contribution in [-0.2, 0) is 0 Å². The standard InChI is InChI=1S/C12H18N4O/c17-12(11-7-13-15-14-11)16-6-5-9-3-1-2-4-10(9)8-16/h7,9-10H,1-6,8H2,(H,13,14,15)/t9-,10-/m0/s1. The fourth-order valence-corrected chi connectivity index (χ4v) is 3.25. The Labute approximate surface area is 101 Å². The van der Waals surface area contributed by atoms with Crippen LogP contribution >= 0.6 is 0 Å². The maximum absolute atomic E-state index is 12.1. The first-order valence-electron chi connectivity index (χ1n) is 6.49. The van der Waals surface area contributed by atoms with Gasteiger partial charge in [-0.05, 0) is 24.7 Å².